The molecule has 0 amide bonds. The van der Waals surface area contributed by atoms with Crippen molar-refractivity contribution in [2.75, 3.05) is 45.3 Å². The summed E-state index contributed by atoms with van der Waals surface area (Å²) in [5.41, 5.74) is 2.66. The highest BCUT2D eigenvalue weighted by molar-refractivity contribution is 6.29. The maximum Gasteiger partial charge on any atom is 0.131 e. The van der Waals surface area contributed by atoms with Gasteiger partial charge in [0.1, 0.15) is 11.8 Å². The van der Waals surface area contributed by atoms with Crippen LogP contribution in [-0.2, 0) is 6.54 Å². The van der Waals surface area contributed by atoms with Gasteiger partial charge in [0.2, 0.25) is 0 Å². The first-order chi connectivity index (χ1) is 13.5. The summed E-state index contributed by atoms with van der Waals surface area (Å²) in [4.78, 5) is 8.84. The summed E-state index contributed by atoms with van der Waals surface area (Å²) in [5, 5.41) is 4.59. The topological polar surface area (TPSA) is 37.2 Å². The lowest BCUT2D eigenvalue weighted by atomic mass is 9.94. The second-order valence-corrected chi connectivity index (χ2v) is 7.89. The second kappa shape index (κ2) is 9.90. The Morgan fingerprint density at radius 3 is 2.96 bits per heavy atom. The van der Waals surface area contributed by atoms with Crippen LogP contribution in [0.5, 0.6) is 0 Å². The summed E-state index contributed by atoms with van der Waals surface area (Å²) in [6.07, 6.45) is 8.77. The van der Waals surface area contributed by atoms with Crippen molar-refractivity contribution in [3.63, 3.8) is 0 Å². The molecule has 0 aliphatic carbocycles. The van der Waals surface area contributed by atoms with Gasteiger partial charge in [-0.25, -0.2) is 9.37 Å². The minimum absolute atomic E-state index is 0.248. The number of halogens is 2. The van der Waals surface area contributed by atoms with Crippen molar-refractivity contribution in [3.05, 3.63) is 40.9 Å². The normalized spacial score (nSPS) is 16.9. The Morgan fingerprint density at radius 1 is 1.32 bits per heavy atom. The van der Waals surface area contributed by atoms with Gasteiger partial charge in [-0.1, -0.05) is 23.4 Å². The Morgan fingerprint density at radius 2 is 2.18 bits per heavy atom. The van der Waals surface area contributed by atoms with Crippen molar-refractivity contribution in [2.45, 2.75) is 25.8 Å². The van der Waals surface area contributed by atoms with Crippen molar-refractivity contribution in [1.29, 1.82) is 0 Å². The molecule has 150 valence electrons. The average molecular weight is 404 g/mol. The van der Waals surface area contributed by atoms with Crippen LogP contribution < -0.4 is 4.90 Å². The Kier molecular flexibility index (Phi) is 7.30. The van der Waals surface area contributed by atoms with E-state index in [1.807, 2.05) is 6.07 Å². The van der Waals surface area contributed by atoms with Crippen LogP contribution in [0.25, 0.3) is 0 Å². The molecule has 0 N–H and O–H groups in total. The van der Waals surface area contributed by atoms with Gasteiger partial charge in [0.15, 0.2) is 0 Å². The van der Waals surface area contributed by atoms with Crippen LogP contribution in [0.1, 0.15) is 30.4 Å². The third kappa shape index (κ3) is 5.70. The van der Waals surface area contributed by atoms with E-state index in [1.165, 1.54) is 19.3 Å². The van der Waals surface area contributed by atoms with E-state index >= 15 is 0 Å². The SMILES string of the molecule is CN(C)CCC1CCCN(c2cc(Cl)ncc2C#Cc2cnn(CCF)c2)C1. The number of alkyl halides is 1. The zero-order chi connectivity index (χ0) is 19.9. The van der Waals surface area contributed by atoms with Crippen LogP contribution in [0.15, 0.2) is 24.7 Å². The van der Waals surface area contributed by atoms with E-state index in [9.17, 15) is 4.39 Å². The molecule has 2 aromatic rings. The van der Waals surface area contributed by atoms with E-state index in [-0.39, 0.29) is 6.54 Å². The van der Waals surface area contributed by atoms with Crippen LogP contribution in [0, 0.1) is 17.8 Å². The van der Waals surface area contributed by atoms with Gasteiger partial charge in [-0.2, -0.15) is 5.10 Å². The summed E-state index contributed by atoms with van der Waals surface area (Å²) in [5.74, 6) is 6.99. The fourth-order valence-corrected chi connectivity index (χ4v) is 3.67. The molecule has 0 radical (unpaired) electrons. The number of nitrogens with zero attached hydrogens (tertiary/aromatic N) is 5. The summed E-state index contributed by atoms with van der Waals surface area (Å²) in [7, 11) is 4.24. The predicted octanol–water partition coefficient (Wildman–Crippen LogP) is 3.47. The summed E-state index contributed by atoms with van der Waals surface area (Å²) >= 11 is 6.19. The first kappa shape index (κ1) is 20.6. The number of pyridine rings is 1. The molecule has 1 aliphatic rings. The maximum absolute atomic E-state index is 12.4. The first-order valence-corrected chi connectivity index (χ1v) is 10.1. The highest BCUT2D eigenvalue weighted by atomic mass is 35.5. The lowest BCUT2D eigenvalue weighted by Crippen LogP contribution is -2.37. The van der Waals surface area contributed by atoms with E-state index in [0.29, 0.717) is 11.1 Å². The van der Waals surface area contributed by atoms with E-state index < -0.39 is 6.67 Å². The van der Waals surface area contributed by atoms with E-state index in [0.717, 1.165) is 36.4 Å². The van der Waals surface area contributed by atoms with Crippen LogP contribution in [-0.4, -0.2) is 60.1 Å². The quantitative estimate of drug-likeness (QED) is 0.546. The standard InChI is InChI=1S/C21H27ClFN5/c1-26(2)10-7-17-4-3-9-27(15-17)20-12-21(22)24-14-19(20)6-5-18-13-25-28(16-18)11-8-23/h12-14,16-17H,3-4,7-11,15H2,1-2H3. The molecular formula is C21H27ClFN5. The molecule has 1 atom stereocenters. The molecule has 0 aromatic carbocycles. The van der Waals surface area contributed by atoms with Crippen molar-refractivity contribution in [1.82, 2.24) is 19.7 Å². The highest BCUT2D eigenvalue weighted by Gasteiger charge is 2.22. The molecule has 7 heteroatoms. The van der Waals surface area contributed by atoms with Gasteiger partial charge in [-0.05, 0) is 45.8 Å². The van der Waals surface area contributed by atoms with Crippen molar-refractivity contribution in [2.24, 2.45) is 5.92 Å². The predicted molar refractivity (Wildman–Crippen MR) is 112 cm³/mol. The Bertz CT molecular complexity index is 839. The van der Waals surface area contributed by atoms with Crippen molar-refractivity contribution in [3.8, 4) is 11.8 Å². The van der Waals surface area contributed by atoms with Crippen LogP contribution in [0.2, 0.25) is 5.15 Å². The molecule has 0 saturated carbocycles. The molecule has 0 spiro atoms. The zero-order valence-corrected chi connectivity index (χ0v) is 17.3. The Labute approximate surface area is 171 Å². The minimum Gasteiger partial charge on any atom is -0.370 e. The number of aromatic nitrogens is 3. The van der Waals surface area contributed by atoms with Crippen molar-refractivity contribution < 1.29 is 4.39 Å². The minimum atomic E-state index is -0.441. The maximum atomic E-state index is 12.4. The van der Waals surface area contributed by atoms with Gasteiger partial charge >= 0.3 is 0 Å². The molecule has 3 heterocycles. The number of hydrogen-bond acceptors (Lipinski definition) is 4. The lowest BCUT2D eigenvalue weighted by Gasteiger charge is -2.35. The van der Waals surface area contributed by atoms with E-state index in [1.54, 1.807) is 23.3 Å². The molecule has 1 aliphatic heterocycles. The van der Waals surface area contributed by atoms with E-state index in [2.05, 4.69) is 45.8 Å². The van der Waals surface area contributed by atoms with Crippen molar-refractivity contribution >= 4 is 17.3 Å². The fourth-order valence-electron chi connectivity index (χ4n) is 3.51. The second-order valence-electron chi connectivity index (χ2n) is 7.50. The summed E-state index contributed by atoms with van der Waals surface area (Å²) < 4.78 is 14.0. The number of hydrogen-bond donors (Lipinski definition) is 0. The average Bonchev–Trinajstić information content (AvgIpc) is 3.13. The van der Waals surface area contributed by atoms with Gasteiger partial charge in [0, 0.05) is 31.5 Å². The van der Waals surface area contributed by atoms with Gasteiger partial charge in [-0.15, -0.1) is 0 Å². The van der Waals surface area contributed by atoms with E-state index in [4.69, 9.17) is 11.6 Å². The molecule has 2 aromatic heterocycles. The number of aryl methyl sites for hydroxylation is 1. The third-order valence-electron chi connectivity index (χ3n) is 4.98. The lowest BCUT2D eigenvalue weighted by molar-refractivity contribution is 0.319. The molecule has 28 heavy (non-hydrogen) atoms. The largest absolute Gasteiger partial charge is 0.370 e. The molecule has 3 rings (SSSR count). The monoisotopic (exact) mass is 403 g/mol. The molecule has 5 nitrogen and oxygen atoms in total. The van der Waals surface area contributed by atoms with Gasteiger partial charge in [0.05, 0.1) is 29.6 Å². The van der Waals surface area contributed by atoms with Crippen LogP contribution in [0.3, 0.4) is 0 Å². The number of piperidine rings is 1. The smallest absolute Gasteiger partial charge is 0.131 e. The Hall–Kier alpha value is -2.10. The molecule has 1 unspecified atom stereocenters. The number of anilines is 1. The zero-order valence-electron chi connectivity index (χ0n) is 16.5. The van der Waals surface area contributed by atoms with Gasteiger partial charge in [0.25, 0.3) is 0 Å². The van der Waals surface area contributed by atoms with Crippen LogP contribution >= 0.6 is 11.6 Å². The third-order valence-corrected chi connectivity index (χ3v) is 5.19. The van der Waals surface area contributed by atoms with Crippen LogP contribution in [0.4, 0.5) is 10.1 Å². The van der Waals surface area contributed by atoms with Gasteiger partial charge in [-0.3, -0.25) is 4.68 Å². The molecule has 1 fully saturated rings. The summed E-state index contributed by atoms with van der Waals surface area (Å²) in [6, 6.07) is 1.91. The molecular weight excluding hydrogens is 377 g/mol. The Balaban J connectivity index is 1.78. The highest BCUT2D eigenvalue weighted by Crippen LogP contribution is 2.29. The van der Waals surface area contributed by atoms with Gasteiger partial charge < -0.3 is 9.80 Å². The summed E-state index contributed by atoms with van der Waals surface area (Å²) in [6.45, 7) is 2.92. The fraction of sp³-hybridized carbons (Fsp3) is 0.524. The first-order valence-electron chi connectivity index (χ1n) is 9.71. The molecule has 0 bridgehead atoms. The number of rotatable bonds is 6. The molecule has 1 saturated heterocycles.